The Morgan fingerprint density at radius 1 is 1.64 bits per heavy atom. The summed E-state index contributed by atoms with van der Waals surface area (Å²) in [6, 6.07) is 0. The zero-order valence-electron chi connectivity index (χ0n) is 9.59. The summed E-state index contributed by atoms with van der Waals surface area (Å²) in [5, 5.41) is 0. The van der Waals surface area contributed by atoms with Crippen LogP contribution in [0.25, 0.3) is 0 Å². The zero-order chi connectivity index (χ0) is 10.8. The molecule has 1 atom stereocenters. The number of carbonyl (C=O) groups excluding carboxylic acids is 1. The molecule has 0 fully saturated rings. The molecule has 0 aromatic rings. The molecule has 2 heteroatoms. The quantitative estimate of drug-likeness (QED) is 0.501. The van der Waals surface area contributed by atoms with Gasteiger partial charge in [-0.15, -0.1) is 0 Å². The number of hydrogen-bond acceptors (Lipinski definition) is 2. The average molecular weight is 196 g/mol. The van der Waals surface area contributed by atoms with Crippen LogP contribution in [0.15, 0.2) is 11.6 Å². The summed E-state index contributed by atoms with van der Waals surface area (Å²) in [6.07, 6.45) is 5.06. The SMILES string of the molecule is COC(=O)CC1C(C)=CCCC1(C)C. The number of esters is 1. The second kappa shape index (κ2) is 4.16. The Hall–Kier alpha value is -0.790. The van der Waals surface area contributed by atoms with E-state index in [1.807, 2.05) is 0 Å². The van der Waals surface area contributed by atoms with Crippen molar-refractivity contribution in [3.63, 3.8) is 0 Å². The van der Waals surface area contributed by atoms with E-state index in [9.17, 15) is 4.79 Å². The van der Waals surface area contributed by atoms with E-state index < -0.39 is 0 Å². The molecular weight excluding hydrogens is 176 g/mol. The largest absolute Gasteiger partial charge is 0.469 e. The first-order valence-corrected chi connectivity index (χ1v) is 5.21. The van der Waals surface area contributed by atoms with Crippen molar-refractivity contribution in [2.75, 3.05) is 7.11 Å². The van der Waals surface area contributed by atoms with Crippen LogP contribution in [0, 0.1) is 11.3 Å². The lowest BCUT2D eigenvalue weighted by molar-refractivity contribution is -0.142. The van der Waals surface area contributed by atoms with Gasteiger partial charge >= 0.3 is 5.97 Å². The molecule has 0 spiro atoms. The number of rotatable bonds is 2. The van der Waals surface area contributed by atoms with Crippen molar-refractivity contribution in [3.8, 4) is 0 Å². The lowest BCUT2D eigenvalue weighted by Crippen LogP contribution is -2.30. The maximum Gasteiger partial charge on any atom is 0.306 e. The highest BCUT2D eigenvalue weighted by molar-refractivity contribution is 5.70. The maximum absolute atomic E-state index is 11.3. The first-order chi connectivity index (χ1) is 6.47. The molecule has 0 N–H and O–H groups in total. The van der Waals surface area contributed by atoms with Crippen LogP contribution < -0.4 is 0 Å². The average Bonchev–Trinajstić information content (AvgIpc) is 2.11. The van der Waals surface area contributed by atoms with Gasteiger partial charge in [0.25, 0.3) is 0 Å². The van der Waals surface area contributed by atoms with Crippen molar-refractivity contribution >= 4 is 5.97 Å². The van der Waals surface area contributed by atoms with Crippen molar-refractivity contribution in [3.05, 3.63) is 11.6 Å². The van der Waals surface area contributed by atoms with Gasteiger partial charge in [-0.2, -0.15) is 0 Å². The van der Waals surface area contributed by atoms with Crippen LogP contribution in [-0.2, 0) is 9.53 Å². The van der Waals surface area contributed by atoms with Gasteiger partial charge in [-0.25, -0.2) is 0 Å². The van der Waals surface area contributed by atoms with Gasteiger partial charge in [0, 0.05) is 0 Å². The number of ether oxygens (including phenoxy) is 1. The van der Waals surface area contributed by atoms with E-state index in [0.29, 0.717) is 12.3 Å². The van der Waals surface area contributed by atoms with Crippen molar-refractivity contribution < 1.29 is 9.53 Å². The third-order valence-electron chi connectivity index (χ3n) is 3.35. The molecule has 0 radical (unpaired) electrons. The van der Waals surface area contributed by atoms with Crippen LogP contribution in [0.2, 0.25) is 0 Å². The fourth-order valence-electron chi connectivity index (χ4n) is 2.29. The minimum Gasteiger partial charge on any atom is -0.469 e. The molecule has 2 nitrogen and oxygen atoms in total. The third kappa shape index (κ3) is 2.37. The highest BCUT2D eigenvalue weighted by Crippen LogP contribution is 2.42. The molecule has 1 aliphatic rings. The monoisotopic (exact) mass is 196 g/mol. The second-order valence-electron chi connectivity index (χ2n) is 4.81. The van der Waals surface area contributed by atoms with Gasteiger partial charge in [0.05, 0.1) is 13.5 Å². The molecule has 0 aromatic heterocycles. The smallest absolute Gasteiger partial charge is 0.306 e. The lowest BCUT2D eigenvalue weighted by Gasteiger charge is -2.37. The van der Waals surface area contributed by atoms with E-state index >= 15 is 0 Å². The molecule has 0 bridgehead atoms. The van der Waals surface area contributed by atoms with E-state index in [1.165, 1.54) is 12.7 Å². The highest BCUT2D eigenvalue weighted by atomic mass is 16.5. The van der Waals surface area contributed by atoms with Crippen LogP contribution in [0.5, 0.6) is 0 Å². The standard InChI is InChI=1S/C12H20O2/c1-9-6-5-7-12(2,3)10(9)8-11(13)14-4/h6,10H,5,7-8H2,1-4H3. The van der Waals surface area contributed by atoms with Crippen LogP contribution in [-0.4, -0.2) is 13.1 Å². The van der Waals surface area contributed by atoms with Gasteiger partial charge in [-0.05, 0) is 31.1 Å². The molecular formula is C12H20O2. The van der Waals surface area contributed by atoms with Crippen LogP contribution >= 0.6 is 0 Å². The molecule has 0 aliphatic heterocycles. The maximum atomic E-state index is 11.3. The summed E-state index contributed by atoms with van der Waals surface area (Å²) >= 11 is 0. The number of hydrogen-bond donors (Lipinski definition) is 0. The Labute approximate surface area is 86.3 Å². The van der Waals surface area contributed by atoms with Crippen molar-refractivity contribution in [2.24, 2.45) is 11.3 Å². The van der Waals surface area contributed by atoms with Crippen molar-refractivity contribution in [1.82, 2.24) is 0 Å². The van der Waals surface area contributed by atoms with Gasteiger partial charge in [0.15, 0.2) is 0 Å². The van der Waals surface area contributed by atoms with Crippen molar-refractivity contribution in [1.29, 1.82) is 0 Å². The summed E-state index contributed by atoms with van der Waals surface area (Å²) in [5.41, 5.74) is 1.57. The van der Waals surface area contributed by atoms with Crippen molar-refractivity contribution in [2.45, 2.75) is 40.0 Å². The molecule has 80 valence electrons. The lowest BCUT2D eigenvalue weighted by atomic mass is 9.67. The fraction of sp³-hybridized carbons (Fsp3) is 0.750. The van der Waals surface area contributed by atoms with E-state index in [2.05, 4.69) is 26.8 Å². The summed E-state index contributed by atoms with van der Waals surface area (Å²) in [4.78, 5) is 11.3. The van der Waals surface area contributed by atoms with E-state index in [0.717, 1.165) is 12.8 Å². The first kappa shape index (κ1) is 11.3. The van der Waals surface area contributed by atoms with Crippen LogP contribution in [0.1, 0.15) is 40.0 Å². The Morgan fingerprint density at radius 3 is 2.79 bits per heavy atom. The van der Waals surface area contributed by atoms with E-state index in [1.54, 1.807) is 0 Å². The molecule has 0 saturated heterocycles. The topological polar surface area (TPSA) is 26.3 Å². The predicted octanol–water partition coefficient (Wildman–Crippen LogP) is 2.93. The Balaban J connectivity index is 2.76. The molecule has 0 heterocycles. The third-order valence-corrected chi connectivity index (χ3v) is 3.35. The van der Waals surface area contributed by atoms with Gasteiger partial charge in [-0.3, -0.25) is 4.79 Å². The van der Waals surface area contributed by atoms with E-state index in [4.69, 9.17) is 4.74 Å². The Bertz CT molecular complexity index is 251. The number of allylic oxidation sites excluding steroid dienone is 2. The molecule has 1 unspecified atom stereocenters. The molecule has 0 saturated carbocycles. The minimum absolute atomic E-state index is 0.0993. The summed E-state index contributed by atoms with van der Waals surface area (Å²) in [6.45, 7) is 6.59. The molecule has 0 amide bonds. The van der Waals surface area contributed by atoms with Gasteiger partial charge in [0.2, 0.25) is 0 Å². The van der Waals surface area contributed by atoms with E-state index in [-0.39, 0.29) is 11.4 Å². The first-order valence-electron chi connectivity index (χ1n) is 5.21. The normalized spacial score (nSPS) is 25.4. The van der Waals surface area contributed by atoms with Gasteiger partial charge in [-0.1, -0.05) is 25.5 Å². The highest BCUT2D eigenvalue weighted by Gasteiger charge is 2.34. The summed E-state index contributed by atoms with van der Waals surface area (Å²) in [7, 11) is 1.46. The second-order valence-corrected chi connectivity index (χ2v) is 4.81. The Kier molecular flexibility index (Phi) is 3.35. The summed E-state index contributed by atoms with van der Waals surface area (Å²) < 4.78 is 4.73. The van der Waals surface area contributed by atoms with Gasteiger partial charge < -0.3 is 4.74 Å². The fourth-order valence-corrected chi connectivity index (χ4v) is 2.29. The minimum atomic E-state index is -0.0993. The number of methoxy groups -OCH3 is 1. The van der Waals surface area contributed by atoms with Crippen LogP contribution in [0.3, 0.4) is 0 Å². The zero-order valence-corrected chi connectivity index (χ0v) is 9.59. The molecule has 0 aromatic carbocycles. The van der Waals surface area contributed by atoms with Crippen LogP contribution in [0.4, 0.5) is 0 Å². The molecule has 1 rings (SSSR count). The molecule has 14 heavy (non-hydrogen) atoms. The predicted molar refractivity (Wildman–Crippen MR) is 56.9 cm³/mol. The van der Waals surface area contributed by atoms with Gasteiger partial charge in [0.1, 0.15) is 0 Å². The Morgan fingerprint density at radius 2 is 2.29 bits per heavy atom. The number of carbonyl (C=O) groups is 1. The molecule has 1 aliphatic carbocycles. The summed E-state index contributed by atoms with van der Waals surface area (Å²) in [5.74, 6) is 0.251.